The molecule has 1 aliphatic carbocycles. The molecular weight excluding hydrogens is 339 g/mol. The summed E-state index contributed by atoms with van der Waals surface area (Å²) in [5.74, 6) is -2.28. The van der Waals surface area contributed by atoms with Crippen LogP contribution in [0.3, 0.4) is 0 Å². The van der Waals surface area contributed by atoms with Crippen LogP contribution in [-0.2, 0) is 20.7 Å². The second kappa shape index (κ2) is 7.11. The number of ketones is 1. The molecule has 1 saturated heterocycles. The maximum atomic E-state index is 14.4. The van der Waals surface area contributed by atoms with Crippen molar-refractivity contribution in [1.82, 2.24) is 0 Å². The predicted octanol–water partition coefficient (Wildman–Crippen LogP) is 3.51. The molecule has 3 rings (SSSR count). The van der Waals surface area contributed by atoms with E-state index in [2.05, 4.69) is 6.58 Å². The largest absolute Gasteiger partial charge is 0.504 e. The van der Waals surface area contributed by atoms with Crippen LogP contribution in [0.1, 0.15) is 26.7 Å². The second-order valence-corrected chi connectivity index (χ2v) is 6.66. The molecule has 26 heavy (non-hydrogen) atoms. The fourth-order valence-electron chi connectivity index (χ4n) is 3.63. The Bertz CT molecular complexity index is 808. The Labute approximate surface area is 153 Å². The minimum Gasteiger partial charge on any atom is -0.504 e. The highest BCUT2D eigenvalue weighted by Gasteiger charge is 2.51. The van der Waals surface area contributed by atoms with Gasteiger partial charge in [0.2, 0.25) is 0 Å². The van der Waals surface area contributed by atoms with Crippen molar-refractivity contribution in [3.63, 3.8) is 0 Å². The van der Waals surface area contributed by atoms with E-state index in [1.165, 1.54) is 19.3 Å². The number of ether oxygens (including phenoxy) is 3. The molecule has 1 aromatic rings. The second-order valence-electron chi connectivity index (χ2n) is 6.66. The van der Waals surface area contributed by atoms with Crippen molar-refractivity contribution in [2.45, 2.75) is 31.8 Å². The minimum absolute atomic E-state index is 0.0238. The van der Waals surface area contributed by atoms with Crippen LogP contribution in [0.25, 0.3) is 0 Å². The molecule has 0 amide bonds. The summed E-state index contributed by atoms with van der Waals surface area (Å²) in [6, 6.07) is 2.46. The zero-order chi connectivity index (χ0) is 19.8. The quantitative estimate of drug-likeness (QED) is 0.784. The molecule has 5 nitrogen and oxygen atoms in total. The van der Waals surface area contributed by atoms with Gasteiger partial charge in [-0.05, 0) is 36.8 Å². The van der Waals surface area contributed by atoms with Crippen molar-refractivity contribution in [2.75, 3.05) is 13.9 Å². The molecule has 6 heteroatoms. The number of halogens is 1. The molecular formula is C20H23FO5. The number of allylic oxidation sites excluding steroid dienone is 2. The summed E-state index contributed by atoms with van der Waals surface area (Å²) in [6.07, 6.45) is 3.37. The van der Waals surface area contributed by atoms with Gasteiger partial charge >= 0.3 is 0 Å². The number of aromatic hydroxyl groups is 1. The highest BCUT2D eigenvalue weighted by atomic mass is 19.1. The van der Waals surface area contributed by atoms with Crippen LogP contribution in [0.5, 0.6) is 11.5 Å². The molecule has 0 radical (unpaired) electrons. The topological polar surface area (TPSA) is 65.0 Å². The monoisotopic (exact) mass is 363 g/mol. The van der Waals surface area contributed by atoms with Gasteiger partial charge in [-0.2, -0.15) is 0 Å². The molecule has 0 saturated carbocycles. The van der Waals surface area contributed by atoms with E-state index < -0.39 is 17.3 Å². The lowest BCUT2D eigenvalue weighted by atomic mass is 9.71. The molecule has 1 aliphatic heterocycles. The van der Waals surface area contributed by atoms with E-state index in [0.717, 1.165) is 6.07 Å². The summed E-state index contributed by atoms with van der Waals surface area (Å²) in [7, 11) is 1.35. The minimum atomic E-state index is -1.40. The third kappa shape index (κ3) is 3.09. The third-order valence-electron chi connectivity index (χ3n) is 5.10. The first kappa shape index (κ1) is 17.1. The lowest BCUT2D eigenvalue weighted by Crippen LogP contribution is -2.45. The van der Waals surface area contributed by atoms with Crippen molar-refractivity contribution < 1.29 is 29.9 Å². The maximum Gasteiger partial charge on any atom is 0.189 e. The summed E-state index contributed by atoms with van der Waals surface area (Å²) in [5.41, 5.74) is -0.707. The van der Waals surface area contributed by atoms with E-state index in [0.29, 0.717) is 11.3 Å². The van der Waals surface area contributed by atoms with Crippen LogP contribution in [0.2, 0.25) is 0 Å². The third-order valence-corrected chi connectivity index (χ3v) is 5.10. The van der Waals surface area contributed by atoms with Gasteiger partial charge in [0, 0.05) is 19.4 Å². The molecule has 1 heterocycles. The molecule has 1 unspecified atom stereocenters. The van der Waals surface area contributed by atoms with Gasteiger partial charge in [0.05, 0.1) is 7.11 Å². The summed E-state index contributed by atoms with van der Waals surface area (Å²) in [6.45, 7) is 5.47. The van der Waals surface area contributed by atoms with Crippen molar-refractivity contribution in [1.29, 1.82) is 0 Å². The Morgan fingerprint density at radius 1 is 1.62 bits per heavy atom. The van der Waals surface area contributed by atoms with Gasteiger partial charge < -0.3 is 19.3 Å². The van der Waals surface area contributed by atoms with E-state index in [1.54, 1.807) is 6.08 Å². The average molecular weight is 363 g/mol. The molecule has 2 aliphatic rings. The first-order valence-corrected chi connectivity index (χ1v) is 8.45. The Balaban J connectivity index is 1.94. The molecule has 1 aromatic carbocycles. The zero-order valence-electron chi connectivity index (χ0n) is 15.9. The van der Waals surface area contributed by atoms with E-state index in [1.807, 2.05) is 6.92 Å². The number of carbonyl (C=O) groups excluding carboxylic acids is 1. The van der Waals surface area contributed by atoms with Crippen LogP contribution in [-0.4, -0.2) is 30.4 Å². The number of methoxy groups -OCH3 is 1. The Morgan fingerprint density at radius 2 is 2.38 bits per heavy atom. The first-order valence-electron chi connectivity index (χ1n) is 8.95. The number of phenolic OH excluding ortho intramolecular Hbond substituents is 1. The number of fused-ring (bicyclic) bond motifs is 1. The summed E-state index contributed by atoms with van der Waals surface area (Å²) >= 11 is 0. The Hall–Kier alpha value is -2.34. The number of rotatable bonds is 6. The fourth-order valence-corrected chi connectivity index (χ4v) is 3.63. The number of hydrogen-bond acceptors (Lipinski definition) is 5. The lowest BCUT2D eigenvalue weighted by Gasteiger charge is -2.38. The lowest BCUT2D eigenvalue weighted by molar-refractivity contribution is -0.123. The van der Waals surface area contributed by atoms with E-state index in [4.69, 9.17) is 15.6 Å². The van der Waals surface area contributed by atoms with Crippen molar-refractivity contribution in [3.05, 3.63) is 48.0 Å². The van der Waals surface area contributed by atoms with Gasteiger partial charge in [0.1, 0.15) is 17.2 Å². The van der Waals surface area contributed by atoms with Crippen molar-refractivity contribution in [2.24, 2.45) is 11.8 Å². The van der Waals surface area contributed by atoms with Crippen LogP contribution in [0, 0.1) is 17.6 Å². The number of carbonyl (C=O) groups is 1. The molecule has 140 valence electrons. The summed E-state index contributed by atoms with van der Waals surface area (Å²) < 4.78 is 39.3. The summed E-state index contributed by atoms with van der Waals surface area (Å²) in [5, 5.41) is 9.97. The molecule has 0 spiro atoms. The van der Waals surface area contributed by atoms with Crippen LogP contribution in [0.4, 0.5) is 4.39 Å². The van der Waals surface area contributed by atoms with E-state index in [9.17, 15) is 14.3 Å². The highest BCUT2D eigenvalue weighted by molar-refractivity contribution is 5.93. The Kier molecular flexibility index (Phi) is 4.68. The van der Waals surface area contributed by atoms with E-state index in [-0.39, 0.29) is 49.3 Å². The van der Waals surface area contributed by atoms with Gasteiger partial charge in [-0.3, -0.25) is 4.79 Å². The van der Waals surface area contributed by atoms with Gasteiger partial charge in [-0.1, -0.05) is 13.0 Å². The Morgan fingerprint density at radius 3 is 3.08 bits per heavy atom. The average Bonchev–Trinajstić information content (AvgIpc) is 3.01. The summed E-state index contributed by atoms with van der Waals surface area (Å²) in [4.78, 5) is 12.4. The molecule has 3 atom stereocenters. The molecule has 1 N–H and O–H groups in total. The smallest absolute Gasteiger partial charge is 0.189 e. The predicted molar refractivity (Wildman–Crippen MR) is 93.3 cm³/mol. The number of benzene rings is 1. The van der Waals surface area contributed by atoms with E-state index >= 15 is 0 Å². The number of hydrogen-bond donors (Lipinski definition) is 1. The maximum absolute atomic E-state index is 14.4. The number of phenols is 1. The van der Waals surface area contributed by atoms with Crippen molar-refractivity contribution >= 4 is 5.78 Å². The highest BCUT2D eigenvalue weighted by Crippen LogP contribution is 2.46. The standard InChI is InChI=1S/C20H23FO5/c1-4-5-13-10-20(19(9-16(13)22)25-11-26-20)12(2)6-14-7-17(23)18(24-3)8-15(14)21/h4,7-9,12-13,23H,1,5-6,10-11H2,2-3H3/t12?,13-,20+/m0/s1/i13D. The van der Waals surface area contributed by atoms with Crippen molar-refractivity contribution in [3.8, 4) is 11.5 Å². The normalized spacial score (nSPS) is 29.3. The van der Waals surface area contributed by atoms with Crippen LogP contribution < -0.4 is 4.74 Å². The van der Waals surface area contributed by atoms with Crippen LogP contribution in [0.15, 0.2) is 36.6 Å². The fraction of sp³-hybridized carbons (Fsp3) is 0.450. The van der Waals surface area contributed by atoms with Gasteiger partial charge in [-0.25, -0.2) is 4.39 Å². The van der Waals surface area contributed by atoms with Crippen LogP contribution >= 0.6 is 0 Å². The molecule has 0 bridgehead atoms. The van der Waals surface area contributed by atoms with Gasteiger partial charge in [0.25, 0.3) is 0 Å². The molecule has 1 fully saturated rings. The first-order chi connectivity index (χ1) is 12.8. The van der Waals surface area contributed by atoms with Gasteiger partial charge in [-0.15, -0.1) is 6.58 Å². The van der Waals surface area contributed by atoms with Gasteiger partial charge in [0.15, 0.2) is 24.1 Å². The SMILES string of the molecule is [2H][C@]1(CC=C)C[C@]2(C(C)Cc3cc(O)c(OC)cc3F)OCOC2=CC1=O. The molecule has 0 aromatic heterocycles. The zero-order valence-corrected chi connectivity index (χ0v) is 14.9.